The maximum absolute atomic E-state index is 9.53. The Morgan fingerprint density at radius 3 is 2.76 bits per heavy atom. The second-order valence-electron chi connectivity index (χ2n) is 5.49. The third-order valence-corrected chi connectivity index (χ3v) is 4.51. The highest BCUT2D eigenvalue weighted by molar-refractivity contribution is 5.15. The molecule has 1 heterocycles. The maximum Gasteiger partial charge on any atom is 0.0587 e. The fourth-order valence-corrected chi connectivity index (χ4v) is 3.70. The lowest BCUT2D eigenvalue weighted by atomic mass is 10.0. The molecular formula is C15H21NO. The van der Waals surface area contributed by atoms with Gasteiger partial charge in [0.2, 0.25) is 0 Å². The number of likely N-dealkylation sites (tertiary alicyclic amines) is 1. The fraction of sp³-hybridized carbons (Fsp3) is 0.600. The lowest BCUT2D eigenvalue weighted by Crippen LogP contribution is -2.37. The van der Waals surface area contributed by atoms with Crippen molar-refractivity contribution in [1.82, 2.24) is 4.90 Å². The molecule has 0 bridgehead atoms. The lowest BCUT2D eigenvalue weighted by Gasteiger charge is -2.28. The Hall–Kier alpha value is -0.860. The first-order valence-corrected chi connectivity index (χ1v) is 6.79. The van der Waals surface area contributed by atoms with Gasteiger partial charge in [-0.2, -0.15) is 0 Å². The summed E-state index contributed by atoms with van der Waals surface area (Å²) in [6, 6.07) is 11.8. The van der Waals surface area contributed by atoms with Crippen LogP contribution in [0.5, 0.6) is 0 Å². The molecule has 17 heavy (non-hydrogen) atoms. The van der Waals surface area contributed by atoms with Crippen LogP contribution < -0.4 is 0 Å². The van der Waals surface area contributed by atoms with E-state index in [1.54, 1.807) is 0 Å². The summed E-state index contributed by atoms with van der Waals surface area (Å²) in [4.78, 5) is 2.55. The smallest absolute Gasteiger partial charge is 0.0587 e. The average molecular weight is 231 g/mol. The van der Waals surface area contributed by atoms with Crippen molar-refractivity contribution in [3.05, 3.63) is 35.9 Å². The van der Waals surface area contributed by atoms with Gasteiger partial charge >= 0.3 is 0 Å². The molecule has 0 radical (unpaired) electrons. The summed E-state index contributed by atoms with van der Waals surface area (Å²) in [7, 11) is 0. The summed E-state index contributed by atoms with van der Waals surface area (Å²) < 4.78 is 0. The van der Waals surface area contributed by atoms with Crippen LogP contribution >= 0.6 is 0 Å². The minimum Gasteiger partial charge on any atom is -0.395 e. The van der Waals surface area contributed by atoms with E-state index >= 15 is 0 Å². The Morgan fingerprint density at radius 2 is 2.00 bits per heavy atom. The van der Waals surface area contributed by atoms with Gasteiger partial charge in [-0.05, 0) is 30.7 Å². The van der Waals surface area contributed by atoms with Gasteiger partial charge in [-0.1, -0.05) is 36.8 Å². The standard InChI is InChI=1S/C15H21NO/c17-11-14-9-13-7-4-8-15(13)16(14)10-12-5-2-1-3-6-12/h1-3,5-6,13-15,17H,4,7-11H2/t13-,14-,15-/m1/s1. The topological polar surface area (TPSA) is 23.5 Å². The van der Waals surface area contributed by atoms with Crippen molar-refractivity contribution in [3.8, 4) is 0 Å². The zero-order valence-corrected chi connectivity index (χ0v) is 10.3. The summed E-state index contributed by atoms with van der Waals surface area (Å²) in [5.74, 6) is 0.843. The van der Waals surface area contributed by atoms with E-state index in [1.165, 1.54) is 31.2 Å². The molecule has 0 amide bonds. The van der Waals surface area contributed by atoms with Gasteiger partial charge in [-0.3, -0.25) is 4.90 Å². The van der Waals surface area contributed by atoms with Crippen LogP contribution in [-0.2, 0) is 6.54 Å². The predicted molar refractivity (Wildman–Crippen MR) is 68.6 cm³/mol. The Balaban J connectivity index is 1.75. The molecular weight excluding hydrogens is 210 g/mol. The first kappa shape index (κ1) is 11.2. The summed E-state index contributed by atoms with van der Waals surface area (Å²) in [6.07, 6.45) is 5.27. The van der Waals surface area contributed by atoms with E-state index in [0.717, 1.165) is 18.5 Å². The largest absolute Gasteiger partial charge is 0.395 e. The van der Waals surface area contributed by atoms with Crippen molar-refractivity contribution in [2.75, 3.05) is 6.61 Å². The van der Waals surface area contributed by atoms with Crippen LogP contribution in [0.15, 0.2) is 30.3 Å². The Labute approximate surface area is 103 Å². The number of fused-ring (bicyclic) bond motifs is 1. The average Bonchev–Trinajstić information content (AvgIpc) is 2.93. The Morgan fingerprint density at radius 1 is 1.18 bits per heavy atom. The number of aliphatic hydroxyl groups is 1. The minimum atomic E-state index is 0.319. The van der Waals surface area contributed by atoms with Crippen LogP contribution in [-0.4, -0.2) is 28.7 Å². The third-order valence-electron chi connectivity index (χ3n) is 4.51. The van der Waals surface area contributed by atoms with Crippen molar-refractivity contribution >= 4 is 0 Å². The third kappa shape index (κ3) is 2.12. The summed E-state index contributed by atoms with van der Waals surface area (Å²) in [5, 5.41) is 9.53. The molecule has 1 aromatic carbocycles. The number of nitrogens with zero attached hydrogens (tertiary/aromatic N) is 1. The van der Waals surface area contributed by atoms with Crippen molar-refractivity contribution in [2.24, 2.45) is 5.92 Å². The van der Waals surface area contributed by atoms with E-state index in [9.17, 15) is 5.11 Å². The fourth-order valence-electron chi connectivity index (χ4n) is 3.70. The summed E-state index contributed by atoms with van der Waals surface area (Å²) >= 11 is 0. The van der Waals surface area contributed by atoms with Gasteiger partial charge < -0.3 is 5.11 Å². The molecule has 1 aliphatic heterocycles. The monoisotopic (exact) mass is 231 g/mol. The predicted octanol–water partition coefficient (Wildman–Crippen LogP) is 2.42. The van der Waals surface area contributed by atoms with E-state index in [0.29, 0.717) is 12.6 Å². The normalized spacial score (nSPS) is 32.9. The van der Waals surface area contributed by atoms with Crippen molar-refractivity contribution < 1.29 is 5.11 Å². The van der Waals surface area contributed by atoms with Crippen molar-refractivity contribution in [3.63, 3.8) is 0 Å². The molecule has 1 saturated heterocycles. The van der Waals surface area contributed by atoms with E-state index < -0.39 is 0 Å². The molecule has 3 rings (SSSR count). The minimum absolute atomic E-state index is 0.319. The molecule has 0 unspecified atom stereocenters. The van der Waals surface area contributed by atoms with Gasteiger partial charge in [0.1, 0.15) is 0 Å². The Bertz CT molecular complexity index is 364. The van der Waals surface area contributed by atoms with Crippen LogP contribution in [0.25, 0.3) is 0 Å². The highest BCUT2D eigenvalue weighted by Gasteiger charge is 2.42. The van der Waals surface area contributed by atoms with Gasteiger partial charge in [0.05, 0.1) is 6.61 Å². The van der Waals surface area contributed by atoms with E-state index in [2.05, 4.69) is 35.2 Å². The molecule has 1 saturated carbocycles. The van der Waals surface area contributed by atoms with Gasteiger partial charge in [0, 0.05) is 18.6 Å². The zero-order chi connectivity index (χ0) is 11.7. The molecule has 1 aromatic rings. The van der Waals surface area contributed by atoms with Gasteiger partial charge in [0.15, 0.2) is 0 Å². The molecule has 1 aliphatic carbocycles. The number of benzene rings is 1. The summed E-state index contributed by atoms with van der Waals surface area (Å²) in [6.45, 7) is 1.33. The zero-order valence-electron chi connectivity index (χ0n) is 10.3. The first-order chi connectivity index (χ1) is 8.38. The molecule has 0 aromatic heterocycles. The van der Waals surface area contributed by atoms with Crippen LogP contribution in [0.1, 0.15) is 31.2 Å². The molecule has 1 N–H and O–H groups in total. The highest BCUT2D eigenvalue weighted by Crippen LogP contribution is 2.41. The number of rotatable bonds is 3. The Kier molecular flexibility index (Phi) is 3.17. The van der Waals surface area contributed by atoms with Gasteiger partial charge in [0.25, 0.3) is 0 Å². The van der Waals surface area contributed by atoms with Crippen molar-refractivity contribution in [1.29, 1.82) is 0 Å². The van der Waals surface area contributed by atoms with E-state index in [-0.39, 0.29) is 0 Å². The van der Waals surface area contributed by atoms with Crippen LogP contribution in [0.4, 0.5) is 0 Å². The number of hydrogen-bond acceptors (Lipinski definition) is 2. The number of hydrogen-bond donors (Lipinski definition) is 1. The van der Waals surface area contributed by atoms with Gasteiger partial charge in [-0.25, -0.2) is 0 Å². The molecule has 3 atom stereocenters. The second kappa shape index (κ2) is 4.79. The van der Waals surface area contributed by atoms with Crippen molar-refractivity contribution in [2.45, 2.75) is 44.3 Å². The van der Waals surface area contributed by atoms with Gasteiger partial charge in [-0.15, -0.1) is 0 Å². The summed E-state index contributed by atoms with van der Waals surface area (Å²) in [5.41, 5.74) is 1.37. The first-order valence-electron chi connectivity index (χ1n) is 6.79. The molecule has 2 fully saturated rings. The molecule has 92 valence electrons. The number of aliphatic hydroxyl groups excluding tert-OH is 1. The SMILES string of the molecule is OC[C@H]1C[C@H]2CCC[C@H]2N1Cc1ccccc1. The van der Waals surface area contributed by atoms with E-state index in [4.69, 9.17) is 0 Å². The lowest BCUT2D eigenvalue weighted by molar-refractivity contribution is 0.120. The van der Waals surface area contributed by atoms with Crippen LogP contribution in [0.2, 0.25) is 0 Å². The quantitative estimate of drug-likeness (QED) is 0.863. The maximum atomic E-state index is 9.53. The second-order valence-corrected chi connectivity index (χ2v) is 5.49. The molecule has 2 nitrogen and oxygen atoms in total. The molecule has 2 aliphatic rings. The molecule has 0 spiro atoms. The molecule has 2 heteroatoms. The van der Waals surface area contributed by atoms with E-state index in [1.807, 2.05) is 0 Å². The highest BCUT2D eigenvalue weighted by atomic mass is 16.3. The van der Waals surface area contributed by atoms with Crippen LogP contribution in [0.3, 0.4) is 0 Å². The van der Waals surface area contributed by atoms with Crippen LogP contribution in [0, 0.1) is 5.92 Å².